The normalized spacial score (nSPS) is 40.5. The van der Waals surface area contributed by atoms with Gasteiger partial charge in [-0.05, 0) is 213 Å². The van der Waals surface area contributed by atoms with Crippen LogP contribution in [0.5, 0.6) is 0 Å². The quantitative estimate of drug-likeness (QED) is 0.218. The van der Waals surface area contributed by atoms with Crippen LogP contribution in [0.4, 0.5) is 0 Å². The van der Waals surface area contributed by atoms with Crippen LogP contribution in [-0.2, 0) is 0 Å². The smallest absolute Gasteiger partial charge is 0.0406 e. The second kappa shape index (κ2) is 17.8. The highest BCUT2D eigenvalue weighted by atomic mass is 15.3. The predicted octanol–water partition coefficient (Wildman–Crippen LogP) is 15.4. The van der Waals surface area contributed by atoms with Gasteiger partial charge in [-0.2, -0.15) is 0 Å². The Hall–Kier alpha value is -2.32. The van der Waals surface area contributed by atoms with Crippen LogP contribution in [0.3, 0.4) is 0 Å². The molecule has 9 aliphatic carbocycles. The predicted molar refractivity (Wildman–Crippen MR) is 249 cm³/mol. The van der Waals surface area contributed by atoms with Crippen LogP contribution < -0.4 is 0 Å². The minimum absolute atomic E-state index is 0.317. The van der Waals surface area contributed by atoms with Crippen molar-refractivity contribution in [1.29, 1.82) is 0 Å². The molecule has 1 aromatic carbocycles. The van der Waals surface area contributed by atoms with Gasteiger partial charge in [0.15, 0.2) is 0 Å². The number of hydrogen-bond acceptors (Lipinski definition) is 2. The first kappa shape index (κ1) is 40.7. The van der Waals surface area contributed by atoms with Crippen molar-refractivity contribution in [3.63, 3.8) is 0 Å². The van der Waals surface area contributed by atoms with Gasteiger partial charge in [-0.1, -0.05) is 105 Å². The molecule has 320 valence electrons. The van der Waals surface area contributed by atoms with Gasteiger partial charge >= 0.3 is 0 Å². The van der Waals surface area contributed by atoms with E-state index in [4.69, 9.17) is 0 Å². The fourth-order valence-electron chi connectivity index (χ4n) is 15.5. The number of hydrogen-bond donors (Lipinski definition) is 0. The zero-order valence-electron chi connectivity index (χ0n) is 37.7. The molecule has 2 nitrogen and oxygen atoms in total. The third-order valence-electron chi connectivity index (χ3n) is 19.0. The maximum Gasteiger partial charge on any atom is 0.0406 e. The van der Waals surface area contributed by atoms with Gasteiger partial charge in [-0.15, -0.1) is 0 Å². The third-order valence-corrected chi connectivity index (χ3v) is 19.0. The summed E-state index contributed by atoms with van der Waals surface area (Å²) in [6.07, 6.45) is 56.8. The zero-order chi connectivity index (χ0) is 39.8. The highest BCUT2D eigenvalue weighted by Crippen LogP contribution is 2.62. The molecule has 5 fully saturated rings. The average molecular weight is 795 g/mol. The number of allylic oxidation sites excluding steroid dienone is 9. The molecular weight excluding hydrogens is 713 g/mol. The van der Waals surface area contributed by atoms with Gasteiger partial charge in [0.05, 0.1) is 0 Å². The molecule has 1 aromatic rings. The lowest BCUT2D eigenvalue weighted by molar-refractivity contribution is -0.00611. The lowest BCUT2D eigenvalue weighted by Gasteiger charge is -2.52. The van der Waals surface area contributed by atoms with Crippen molar-refractivity contribution in [3.05, 3.63) is 95.4 Å². The van der Waals surface area contributed by atoms with Gasteiger partial charge in [0.25, 0.3) is 0 Å². The Morgan fingerprint density at radius 2 is 1.31 bits per heavy atom. The monoisotopic (exact) mass is 795 g/mol. The molecule has 2 heteroatoms. The summed E-state index contributed by atoms with van der Waals surface area (Å²) in [5.41, 5.74) is 7.43. The molecule has 2 bridgehead atoms. The molecule has 0 radical (unpaired) electrons. The molecular formula is C57H82N2. The van der Waals surface area contributed by atoms with Crippen molar-refractivity contribution >= 4 is 0 Å². The van der Waals surface area contributed by atoms with Crippen LogP contribution in [0.2, 0.25) is 0 Å². The molecule has 0 spiro atoms. The molecule has 5 atom stereocenters. The third kappa shape index (κ3) is 8.46. The van der Waals surface area contributed by atoms with E-state index in [0.29, 0.717) is 17.0 Å². The second-order valence-electron chi connectivity index (χ2n) is 22.6. The van der Waals surface area contributed by atoms with E-state index in [1.807, 2.05) is 0 Å². The molecule has 9 aliphatic rings. The van der Waals surface area contributed by atoms with Gasteiger partial charge in [-0.3, -0.25) is 4.90 Å². The van der Waals surface area contributed by atoms with Crippen molar-refractivity contribution in [2.45, 2.75) is 217 Å². The Morgan fingerprint density at radius 3 is 1.95 bits per heavy atom. The summed E-state index contributed by atoms with van der Waals surface area (Å²) in [5, 5.41) is 0. The first-order valence-corrected chi connectivity index (χ1v) is 26.1. The molecule has 5 saturated carbocycles. The maximum atomic E-state index is 3.24. The van der Waals surface area contributed by atoms with E-state index < -0.39 is 0 Å². The van der Waals surface area contributed by atoms with Crippen molar-refractivity contribution < 1.29 is 0 Å². The summed E-state index contributed by atoms with van der Waals surface area (Å²) >= 11 is 0. The molecule has 59 heavy (non-hydrogen) atoms. The van der Waals surface area contributed by atoms with Crippen LogP contribution in [0.25, 0.3) is 0 Å². The van der Waals surface area contributed by atoms with Crippen molar-refractivity contribution in [2.24, 2.45) is 40.9 Å². The molecule has 5 unspecified atom stereocenters. The standard InChI is InChI=1S/C57H82N2/c1-42-13-27-51(28-14-42)58(52-31-19-47(20-32-52)44-9-5-3-6-10-44)53-33-21-49(22-34-53)46-17-25-50(26-18-46)56-37-39-57(41-56,40-38-56)59(54-29-15-43(2)16-30-54)55-35-23-48(24-36-55)45-11-7-4-8-12-45/h4,7-8,11-12,17,19,25,27,31,37,39,42-44,46,48-50,53-55H,3,5-6,9-10,13-16,18,20-24,26,28-30,32-36,38,40-41H2,1-2H3. The van der Waals surface area contributed by atoms with E-state index in [-0.39, 0.29) is 0 Å². The summed E-state index contributed by atoms with van der Waals surface area (Å²) in [5.74, 6) is 5.84. The Bertz CT molecular complexity index is 1720. The highest BCUT2D eigenvalue weighted by Gasteiger charge is 2.58. The van der Waals surface area contributed by atoms with Crippen molar-refractivity contribution in [3.8, 4) is 0 Å². The Kier molecular flexibility index (Phi) is 12.3. The van der Waals surface area contributed by atoms with Crippen molar-refractivity contribution in [2.75, 3.05) is 0 Å². The van der Waals surface area contributed by atoms with Gasteiger partial charge in [0.2, 0.25) is 0 Å². The number of fused-ring (bicyclic) bond motifs is 2. The average Bonchev–Trinajstić information content (AvgIpc) is 3.88. The Morgan fingerprint density at radius 1 is 0.559 bits per heavy atom. The van der Waals surface area contributed by atoms with E-state index in [2.05, 4.69) is 96.5 Å². The van der Waals surface area contributed by atoms with E-state index in [1.165, 1.54) is 173 Å². The summed E-state index contributed by atoms with van der Waals surface area (Å²) in [6, 6.07) is 13.8. The summed E-state index contributed by atoms with van der Waals surface area (Å²) < 4.78 is 0. The molecule has 0 aromatic heterocycles. The molecule has 0 saturated heterocycles. The minimum atomic E-state index is 0.317. The van der Waals surface area contributed by atoms with Gasteiger partial charge in [0, 0.05) is 35.1 Å². The molecule has 10 rings (SSSR count). The van der Waals surface area contributed by atoms with Gasteiger partial charge < -0.3 is 4.90 Å². The minimum Gasteiger partial charge on any atom is -0.346 e. The Balaban J connectivity index is 0.784. The van der Waals surface area contributed by atoms with Crippen LogP contribution in [0.15, 0.2) is 89.8 Å². The largest absolute Gasteiger partial charge is 0.346 e. The summed E-state index contributed by atoms with van der Waals surface area (Å²) in [7, 11) is 0. The van der Waals surface area contributed by atoms with E-state index in [0.717, 1.165) is 53.5 Å². The number of rotatable bonds is 10. The fraction of sp³-hybridized carbons (Fsp3) is 0.719. The van der Waals surface area contributed by atoms with Crippen molar-refractivity contribution in [1.82, 2.24) is 9.80 Å². The van der Waals surface area contributed by atoms with E-state index >= 15 is 0 Å². The molecule has 0 aliphatic heterocycles. The maximum absolute atomic E-state index is 3.24. The Labute approximate surface area is 361 Å². The zero-order valence-corrected chi connectivity index (χ0v) is 37.7. The first-order valence-electron chi connectivity index (χ1n) is 26.1. The van der Waals surface area contributed by atoms with Crippen LogP contribution >= 0.6 is 0 Å². The van der Waals surface area contributed by atoms with Crippen LogP contribution in [0, 0.1) is 40.9 Å². The first-order chi connectivity index (χ1) is 29.0. The topological polar surface area (TPSA) is 6.48 Å². The molecule has 0 heterocycles. The lowest BCUT2D eigenvalue weighted by atomic mass is 9.66. The molecule has 0 amide bonds. The van der Waals surface area contributed by atoms with Crippen LogP contribution in [0.1, 0.15) is 199 Å². The van der Waals surface area contributed by atoms with Gasteiger partial charge in [0.1, 0.15) is 0 Å². The lowest BCUT2D eigenvalue weighted by Crippen LogP contribution is -2.57. The number of benzene rings is 1. The number of nitrogens with zero attached hydrogens (tertiary/aromatic N) is 2. The summed E-state index contributed by atoms with van der Waals surface area (Å²) in [4.78, 5) is 6.18. The van der Waals surface area contributed by atoms with E-state index in [1.54, 1.807) is 22.5 Å². The van der Waals surface area contributed by atoms with Crippen LogP contribution in [-0.4, -0.2) is 33.5 Å². The SMILES string of the molecule is CC1CC=C(N(C2=CC=C(C3CCCCC3)CC2)C2CCC(C3C=CC(C45C=CC(N(C6CCC(C)CC6)C6CCC(c7ccccc7)CC6)(CC4)C5)CC3)CC2)CC1. The fourth-order valence-corrected chi connectivity index (χ4v) is 15.5. The van der Waals surface area contributed by atoms with Gasteiger partial charge in [-0.25, -0.2) is 0 Å². The highest BCUT2D eigenvalue weighted by molar-refractivity contribution is 5.33. The van der Waals surface area contributed by atoms with E-state index in [9.17, 15) is 0 Å². The summed E-state index contributed by atoms with van der Waals surface area (Å²) in [6.45, 7) is 4.97. The molecule has 0 N–H and O–H groups in total. The second-order valence-corrected chi connectivity index (χ2v) is 22.6.